The second kappa shape index (κ2) is 7.21. The predicted molar refractivity (Wildman–Crippen MR) is 71.1 cm³/mol. The molecule has 3 unspecified atom stereocenters. The van der Waals surface area contributed by atoms with Crippen molar-refractivity contribution in [1.29, 1.82) is 0 Å². The summed E-state index contributed by atoms with van der Waals surface area (Å²) in [7, 11) is -1.13. The van der Waals surface area contributed by atoms with E-state index in [2.05, 4.69) is 18.7 Å². The SMILES string of the molecule is CC(CS(=O)CC1CN(C(C)C)CCO1)C(=O)O. The van der Waals surface area contributed by atoms with Gasteiger partial charge in [-0.25, -0.2) is 0 Å². The van der Waals surface area contributed by atoms with Crippen LogP contribution in [0.2, 0.25) is 0 Å². The highest BCUT2D eigenvalue weighted by atomic mass is 32.2. The fourth-order valence-corrected chi connectivity index (χ4v) is 3.39. The Kier molecular flexibility index (Phi) is 6.25. The van der Waals surface area contributed by atoms with Crippen LogP contribution in [-0.4, -0.2) is 63.5 Å². The van der Waals surface area contributed by atoms with Gasteiger partial charge in [-0.2, -0.15) is 0 Å². The maximum Gasteiger partial charge on any atom is 0.307 e. The van der Waals surface area contributed by atoms with Crippen molar-refractivity contribution < 1.29 is 18.8 Å². The highest BCUT2D eigenvalue weighted by molar-refractivity contribution is 7.85. The highest BCUT2D eigenvalue weighted by Crippen LogP contribution is 2.11. The molecule has 0 aromatic heterocycles. The van der Waals surface area contributed by atoms with Crippen molar-refractivity contribution in [2.45, 2.75) is 32.9 Å². The lowest BCUT2D eigenvalue weighted by atomic mass is 10.2. The van der Waals surface area contributed by atoms with E-state index in [1.807, 2.05) is 0 Å². The first-order valence-electron chi connectivity index (χ1n) is 6.33. The lowest BCUT2D eigenvalue weighted by Crippen LogP contribution is -2.47. The third-order valence-electron chi connectivity index (χ3n) is 3.13. The molecule has 1 aliphatic rings. The molecule has 1 fully saturated rings. The second-order valence-corrected chi connectivity index (χ2v) is 6.64. The summed E-state index contributed by atoms with van der Waals surface area (Å²) < 4.78 is 17.4. The Hall–Kier alpha value is -0.460. The third-order valence-corrected chi connectivity index (χ3v) is 4.75. The Morgan fingerprint density at radius 2 is 2.17 bits per heavy atom. The smallest absolute Gasteiger partial charge is 0.307 e. The molecule has 3 atom stereocenters. The van der Waals surface area contributed by atoms with Crippen LogP contribution in [0, 0.1) is 5.92 Å². The fraction of sp³-hybridized carbons (Fsp3) is 0.917. The number of nitrogens with zero attached hydrogens (tertiary/aromatic N) is 1. The van der Waals surface area contributed by atoms with Gasteiger partial charge >= 0.3 is 5.97 Å². The van der Waals surface area contributed by atoms with Crippen molar-refractivity contribution in [2.75, 3.05) is 31.2 Å². The number of carbonyl (C=O) groups is 1. The van der Waals surface area contributed by atoms with Gasteiger partial charge in [-0.15, -0.1) is 0 Å². The molecule has 0 aromatic rings. The summed E-state index contributed by atoms with van der Waals surface area (Å²) in [6.07, 6.45) is -0.0389. The molecule has 0 amide bonds. The van der Waals surface area contributed by atoms with E-state index in [4.69, 9.17) is 9.84 Å². The summed E-state index contributed by atoms with van der Waals surface area (Å²) in [5, 5.41) is 8.78. The molecule has 106 valence electrons. The van der Waals surface area contributed by atoms with E-state index >= 15 is 0 Å². The first-order valence-corrected chi connectivity index (χ1v) is 7.82. The van der Waals surface area contributed by atoms with Crippen molar-refractivity contribution in [3.05, 3.63) is 0 Å². The minimum atomic E-state index is -1.13. The van der Waals surface area contributed by atoms with Gasteiger partial charge in [0.05, 0.1) is 24.4 Å². The molecule has 0 spiro atoms. The number of aliphatic carboxylic acids is 1. The third kappa shape index (κ3) is 5.04. The zero-order chi connectivity index (χ0) is 13.7. The number of morpholine rings is 1. The topological polar surface area (TPSA) is 66.8 Å². The Bertz CT molecular complexity index is 308. The molecule has 18 heavy (non-hydrogen) atoms. The summed E-state index contributed by atoms with van der Waals surface area (Å²) in [5.74, 6) is -0.815. The zero-order valence-corrected chi connectivity index (χ0v) is 12.1. The quantitative estimate of drug-likeness (QED) is 0.768. The van der Waals surface area contributed by atoms with E-state index in [-0.39, 0.29) is 11.9 Å². The fourth-order valence-electron chi connectivity index (χ4n) is 1.94. The minimum Gasteiger partial charge on any atom is -0.481 e. The summed E-state index contributed by atoms with van der Waals surface area (Å²) >= 11 is 0. The molecule has 6 heteroatoms. The van der Waals surface area contributed by atoms with Crippen molar-refractivity contribution >= 4 is 16.8 Å². The van der Waals surface area contributed by atoms with Gasteiger partial charge in [0.1, 0.15) is 0 Å². The van der Waals surface area contributed by atoms with E-state index < -0.39 is 22.7 Å². The molecule has 0 bridgehead atoms. The van der Waals surface area contributed by atoms with Crippen molar-refractivity contribution in [3.8, 4) is 0 Å². The van der Waals surface area contributed by atoms with Gasteiger partial charge in [0, 0.05) is 35.7 Å². The normalized spacial score (nSPS) is 25.0. The maximum atomic E-state index is 11.9. The lowest BCUT2D eigenvalue weighted by Gasteiger charge is -2.35. The molecule has 1 heterocycles. The van der Waals surface area contributed by atoms with Gasteiger partial charge in [0.25, 0.3) is 0 Å². The van der Waals surface area contributed by atoms with Gasteiger partial charge in [-0.1, -0.05) is 6.92 Å². The zero-order valence-electron chi connectivity index (χ0n) is 11.3. The van der Waals surface area contributed by atoms with Gasteiger partial charge in [-0.3, -0.25) is 13.9 Å². The largest absolute Gasteiger partial charge is 0.481 e. The van der Waals surface area contributed by atoms with Gasteiger partial charge in [0.15, 0.2) is 0 Å². The lowest BCUT2D eigenvalue weighted by molar-refractivity contribution is -0.140. The standard InChI is InChI=1S/C12H23NO4S/c1-9(2)13-4-5-17-11(6-13)8-18(16)7-10(3)12(14)15/h9-11H,4-8H2,1-3H3,(H,14,15). The van der Waals surface area contributed by atoms with Gasteiger partial charge in [0.2, 0.25) is 0 Å². The van der Waals surface area contributed by atoms with Crippen LogP contribution in [0.25, 0.3) is 0 Å². The molecule has 5 nitrogen and oxygen atoms in total. The van der Waals surface area contributed by atoms with Gasteiger partial charge < -0.3 is 9.84 Å². The van der Waals surface area contributed by atoms with Crippen LogP contribution in [0.5, 0.6) is 0 Å². The summed E-state index contributed by atoms with van der Waals surface area (Å²) in [6, 6.07) is 0.461. The molecular weight excluding hydrogens is 254 g/mol. The summed E-state index contributed by atoms with van der Waals surface area (Å²) in [6.45, 7) is 8.20. The van der Waals surface area contributed by atoms with Crippen molar-refractivity contribution in [2.24, 2.45) is 5.92 Å². The summed E-state index contributed by atoms with van der Waals surface area (Å²) in [5.41, 5.74) is 0. The van der Waals surface area contributed by atoms with E-state index in [9.17, 15) is 9.00 Å². The molecule has 1 N–H and O–H groups in total. The molecule has 1 rings (SSSR count). The molecule has 0 aromatic carbocycles. The molecule has 1 aliphatic heterocycles. The predicted octanol–water partition coefficient (Wildman–Crippen LogP) is 0.565. The monoisotopic (exact) mass is 277 g/mol. The van der Waals surface area contributed by atoms with E-state index in [1.54, 1.807) is 6.92 Å². The summed E-state index contributed by atoms with van der Waals surface area (Å²) in [4.78, 5) is 13.0. The van der Waals surface area contributed by atoms with Crippen LogP contribution < -0.4 is 0 Å². The number of hydrogen-bond donors (Lipinski definition) is 1. The van der Waals surface area contributed by atoms with Crippen LogP contribution in [0.15, 0.2) is 0 Å². The average molecular weight is 277 g/mol. The molecule has 0 radical (unpaired) electrons. The maximum absolute atomic E-state index is 11.9. The Labute approximate surface area is 111 Å². The number of rotatable bonds is 6. The highest BCUT2D eigenvalue weighted by Gasteiger charge is 2.25. The van der Waals surface area contributed by atoms with Gasteiger partial charge in [-0.05, 0) is 13.8 Å². The number of carboxylic acid groups (broad SMARTS) is 1. The Balaban J connectivity index is 2.37. The van der Waals surface area contributed by atoms with E-state index in [0.717, 1.165) is 13.1 Å². The van der Waals surface area contributed by atoms with Crippen molar-refractivity contribution in [1.82, 2.24) is 4.90 Å². The number of ether oxygens (including phenoxy) is 1. The van der Waals surface area contributed by atoms with Crippen LogP contribution >= 0.6 is 0 Å². The first kappa shape index (κ1) is 15.6. The molecule has 1 saturated heterocycles. The number of carboxylic acids is 1. The first-order chi connectivity index (χ1) is 8.40. The number of hydrogen-bond acceptors (Lipinski definition) is 4. The molecule has 0 saturated carbocycles. The minimum absolute atomic E-state index is 0.0389. The van der Waals surface area contributed by atoms with Crippen LogP contribution in [-0.2, 0) is 20.3 Å². The van der Waals surface area contributed by atoms with Crippen LogP contribution in [0.1, 0.15) is 20.8 Å². The van der Waals surface area contributed by atoms with Crippen LogP contribution in [0.4, 0.5) is 0 Å². The Morgan fingerprint density at radius 3 is 2.72 bits per heavy atom. The van der Waals surface area contributed by atoms with E-state index in [0.29, 0.717) is 18.4 Å². The van der Waals surface area contributed by atoms with Crippen LogP contribution in [0.3, 0.4) is 0 Å². The second-order valence-electron chi connectivity index (χ2n) is 5.09. The molecule has 0 aliphatic carbocycles. The van der Waals surface area contributed by atoms with E-state index in [1.165, 1.54) is 0 Å². The van der Waals surface area contributed by atoms with Crippen molar-refractivity contribution in [3.63, 3.8) is 0 Å². The average Bonchev–Trinajstić information content (AvgIpc) is 2.28. The Morgan fingerprint density at radius 1 is 1.50 bits per heavy atom. The molecular formula is C12H23NO4S.